The Bertz CT molecular complexity index is 1090. The number of piperazine rings is 1. The Morgan fingerprint density at radius 2 is 1.71 bits per heavy atom. The summed E-state index contributed by atoms with van der Waals surface area (Å²) in [6.07, 6.45) is 0. The number of rotatable bonds is 3. The van der Waals surface area contributed by atoms with Gasteiger partial charge in [0, 0.05) is 50.2 Å². The Kier molecular flexibility index (Phi) is 4.16. The number of benzene rings is 2. The van der Waals surface area contributed by atoms with E-state index in [-0.39, 0.29) is 18.2 Å². The first-order chi connectivity index (χ1) is 13.7. The molecule has 0 radical (unpaired) electrons. The van der Waals surface area contributed by atoms with Gasteiger partial charge in [-0.25, -0.2) is 9.18 Å². The molecule has 0 aliphatic carbocycles. The van der Waals surface area contributed by atoms with Crippen LogP contribution in [-0.2, 0) is 6.54 Å². The molecule has 1 aromatic heterocycles. The molecule has 2 aliphatic rings. The summed E-state index contributed by atoms with van der Waals surface area (Å²) in [6, 6.07) is 12.0. The van der Waals surface area contributed by atoms with Crippen LogP contribution in [0.15, 0.2) is 51.7 Å². The molecule has 0 N–H and O–H groups in total. The van der Waals surface area contributed by atoms with E-state index < -0.39 is 0 Å². The molecule has 144 valence electrons. The molecular formula is C21H19FN2O4. The summed E-state index contributed by atoms with van der Waals surface area (Å²) < 4.78 is 30.2. The van der Waals surface area contributed by atoms with Crippen LogP contribution in [0.1, 0.15) is 5.56 Å². The van der Waals surface area contributed by atoms with Crippen LogP contribution in [0.3, 0.4) is 0 Å². The second kappa shape index (κ2) is 6.83. The number of hydrogen-bond donors (Lipinski definition) is 0. The molecular weight excluding hydrogens is 363 g/mol. The number of fused-ring (bicyclic) bond motifs is 2. The van der Waals surface area contributed by atoms with Gasteiger partial charge in [-0.3, -0.25) is 4.90 Å². The van der Waals surface area contributed by atoms with Crippen LogP contribution < -0.4 is 20.0 Å². The number of halogens is 1. The first-order valence-corrected chi connectivity index (χ1v) is 9.25. The molecule has 0 amide bonds. The van der Waals surface area contributed by atoms with Gasteiger partial charge in [-0.2, -0.15) is 0 Å². The summed E-state index contributed by atoms with van der Waals surface area (Å²) in [4.78, 5) is 16.3. The van der Waals surface area contributed by atoms with Crippen molar-refractivity contribution in [1.82, 2.24) is 4.90 Å². The molecule has 2 aliphatic heterocycles. The van der Waals surface area contributed by atoms with Crippen molar-refractivity contribution in [2.24, 2.45) is 0 Å². The van der Waals surface area contributed by atoms with Crippen molar-refractivity contribution >= 4 is 16.7 Å². The van der Waals surface area contributed by atoms with Gasteiger partial charge in [-0.05, 0) is 23.8 Å². The number of ether oxygens (including phenoxy) is 2. The van der Waals surface area contributed by atoms with Crippen LogP contribution in [0.2, 0.25) is 0 Å². The van der Waals surface area contributed by atoms with E-state index >= 15 is 0 Å². The molecule has 5 rings (SSSR count). The molecule has 28 heavy (non-hydrogen) atoms. The van der Waals surface area contributed by atoms with Crippen molar-refractivity contribution < 1.29 is 18.3 Å². The smallest absolute Gasteiger partial charge is 0.336 e. The normalized spacial score (nSPS) is 16.7. The Balaban J connectivity index is 1.36. The lowest BCUT2D eigenvalue weighted by Crippen LogP contribution is -2.46. The van der Waals surface area contributed by atoms with Crippen LogP contribution in [0, 0.1) is 5.82 Å². The van der Waals surface area contributed by atoms with Crippen LogP contribution in [0.25, 0.3) is 11.0 Å². The van der Waals surface area contributed by atoms with E-state index in [0.29, 0.717) is 29.3 Å². The third-order valence-electron chi connectivity index (χ3n) is 5.28. The fourth-order valence-corrected chi connectivity index (χ4v) is 3.84. The first kappa shape index (κ1) is 17.1. The summed E-state index contributed by atoms with van der Waals surface area (Å²) >= 11 is 0. The highest BCUT2D eigenvalue weighted by Gasteiger charge is 2.22. The van der Waals surface area contributed by atoms with Gasteiger partial charge >= 0.3 is 5.63 Å². The standard InChI is InChI=1S/C21H19FN2O4/c22-16-3-1-2-4-17(16)24-7-5-23(6-8-24)12-14-9-21(25)28-18-11-20-19(10-15(14)18)26-13-27-20/h1-4,9-11H,5-8,12-13H2. The largest absolute Gasteiger partial charge is 0.454 e. The van der Waals surface area contributed by atoms with Crippen LogP contribution >= 0.6 is 0 Å². The van der Waals surface area contributed by atoms with Gasteiger partial charge in [-0.15, -0.1) is 0 Å². The van der Waals surface area contributed by atoms with Crippen LogP contribution in [0.4, 0.5) is 10.1 Å². The average Bonchev–Trinajstić information content (AvgIpc) is 3.15. The number of nitrogens with zero attached hydrogens (tertiary/aromatic N) is 2. The zero-order valence-corrected chi connectivity index (χ0v) is 15.2. The lowest BCUT2D eigenvalue weighted by atomic mass is 10.1. The van der Waals surface area contributed by atoms with Gasteiger partial charge in [-0.1, -0.05) is 12.1 Å². The average molecular weight is 382 g/mol. The van der Waals surface area contributed by atoms with Gasteiger partial charge in [0.1, 0.15) is 11.4 Å². The topological polar surface area (TPSA) is 55.2 Å². The quantitative estimate of drug-likeness (QED) is 0.649. The van der Waals surface area contributed by atoms with Crippen molar-refractivity contribution in [1.29, 1.82) is 0 Å². The minimum Gasteiger partial charge on any atom is -0.454 e. The monoisotopic (exact) mass is 382 g/mol. The van der Waals surface area contributed by atoms with Gasteiger partial charge in [0.25, 0.3) is 0 Å². The zero-order valence-electron chi connectivity index (χ0n) is 15.2. The minimum absolute atomic E-state index is 0.170. The summed E-state index contributed by atoms with van der Waals surface area (Å²) in [5.41, 5.74) is 1.65. The van der Waals surface area contributed by atoms with E-state index in [2.05, 4.69) is 9.80 Å². The number of anilines is 1. The van der Waals surface area contributed by atoms with Crippen molar-refractivity contribution in [3.63, 3.8) is 0 Å². The third-order valence-corrected chi connectivity index (χ3v) is 5.28. The van der Waals surface area contributed by atoms with Crippen molar-refractivity contribution in [2.45, 2.75) is 6.54 Å². The van der Waals surface area contributed by atoms with E-state index in [1.54, 1.807) is 12.1 Å². The molecule has 0 saturated carbocycles. The van der Waals surface area contributed by atoms with E-state index in [9.17, 15) is 9.18 Å². The lowest BCUT2D eigenvalue weighted by Gasteiger charge is -2.36. The molecule has 1 fully saturated rings. The van der Waals surface area contributed by atoms with Crippen LogP contribution in [0.5, 0.6) is 11.5 Å². The second-order valence-electron chi connectivity index (χ2n) is 7.01. The molecule has 1 saturated heterocycles. The Labute approximate surface area is 160 Å². The zero-order chi connectivity index (χ0) is 19.1. The van der Waals surface area contributed by atoms with Crippen LogP contribution in [-0.4, -0.2) is 37.9 Å². The molecule has 3 heterocycles. The highest BCUT2D eigenvalue weighted by molar-refractivity contribution is 5.84. The maximum Gasteiger partial charge on any atom is 0.336 e. The molecule has 0 bridgehead atoms. The second-order valence-corrected chi connectivity index (χ2v) is 7.01. The lowest BCUT2D eigenvalue weighted by molar-refractivity contribution is 0.174. The van der Waals surface area contributed by atoms with Crippen molar-refractivity contribution in [3.8, 4) is 11.5 Å². The van der Waals surface area contributed by atoms with E-state index in [1.807, 2.05) is 18.2 Å². The molecule has 0 unspecified atom stereocenters. The molecule has 7 heteroatoms. The van der Waals surface area contributed by atoms with Gasteiger partial charge < -0.3 is 18.8 Å². The molecule has 0 atom stereocenters. The Hall–Kier alpha value is -3.06. The SMILES string of the molecule is O=c1cc(CN2CCN(c3ccccc3F)CC2)c2cc3c(cc2o1)OCO3. The molecule has 6 nitrogen and oxygen atoms in total. The fraction of sp³-hybridized carbons (Fsp3) is 0.286. The number of para-hydroxylation sites is 1. The van der Waals surface area contributed by atoms with E-state index in [4.69, 9.17) is 13.9 Å². The molecule has 2 aromatic carbocycles. The van der Waals surface area contributed by atoms with Crippen molar-refractivity contribution in [3.05, 3.63) is 64.3 Å². The third kappa shape index (κ3) is 3.07. The van der Waals surface area contributed by atoms with Gasteiger partial charge in [0.05, 0.1) is 5.69 Å². The number of hydrogen-bond acceptors (Lipinski definition) is 6. The van der Waals surface area contributed by atoms with Gasteiger partial charge in [0.2, 0.25) is 6.79 Å². The van der Waals surface area contributed by atoms with E-state index in [0.717, 1.165) is 37.1 Å². The first-order valence-electron chi connectivity index (χ1n) is 9.25. The summed E-state index contributed by atoms with van der Waals surface area (Å²) in [6.45, 7) is 3.80. The highest BCUT2D eigenvalue weighted by atomic mass is 19.1. The summed E-state index contributed by atoms with van der Waals surface area (Å²) in [7, 11) is 0. The maximum atomic E-state index is 14.0. The summed E-state index contributed by atoms with van der Waals surface area (Å²) in [5.74, 6) is 1.05. The Morgan fingerprint density at radius 1 is 0.964 bits per heavy atom. The van der Waals surface area contributed by atoms with Gasteiger partial charge in [0.15, 0.2) is 11.5 Å². The highest BCUT2D eigenvalue weighted by Crippen LogP contribution is 2.37. The van der Waals surface area contributed by atoms with E-state index in [1.165, 1.54) is 12.1 Å². The summed E-state index contributed by atoms with van der Waals surface area (Å²) in [5, 5.41) is 0.848. The maximum absolute atomic E-state index is 14.0. The molecule has 0 spiro atoms. The fourth-order valence-electron chi connectivity index (χ4n) is 3.84. The Morgan fingerprint density at radius 3 is 2.50 bits per heavy atom. The molecule has 3 aromatic rings. The predicted octanol–water partition coefficient (Wildman–Crippen LogP) is 2.98. The predicted molar refractivity (Wildman–Crippen MR) is 102 cm³/mol. The van der Waals surface area contributed by atoms with Crippen molar-refractivity contribution in [2.75, 3.05) is 37.9 Å². The minimum atomic E-state index is -0.383.